The molecule has 186 valence electrons. The minimum atomic E-state index is -0.221. The standard InChI is InChI=1S/C26H34N6O3/c1-18-13-31(24-28-11-21(12-29-24)23(33)27-3)14-19(2)32(18)25(34)35-22-9-26(10-22)16-30(17-26)15-20-7-5-4-6-8-20/h4-8,11-12,18-19,22H,9-10,13-17H2,1-3H3,(H,27,33)/t18-,19+. The minimum absolute atomic E-state index is 0.0133. The van der Waals surface area contributed by atoms with Crippen LogP contribution < -0.4 is 10.2 Å². The minimum Gasteiger partial charge on any atom is -0.446 e. The van der Waals surface area contributed by atoms with E-state index in [-0.39, 0.29) is 30.2 Å². The van der Waals surface area contributed by atoms with Crippen molar-refractivity contribution >= 4 is 17.9 Å². The van der Waals surface area contributed by atoms with Gasteiger partial charge in [-0.15, -0.1) is 0 Å². The molecule has 1 saturated carbocycles. The van der Waals surface area contributed by atoms with Crippen LogP contribution in [-0.4, -0.2) is 83.2 Å². The first-order valence-electron chi connectivity index (χ1n) is 12.4. The van der Waals surface area contributed by atoms with E-state index >= 15 is 0 Å². The Kier molecular flexibility index (Phi) is 6.35. The van der Waals surface area contributed by atoms with E-state index in [1.807, 2.05) is 24.8 Å². The number of likely N-dealkylation sites (tertiary alicyclic amines) is 1. The van der Waals surface area contributed by atoms with Gasteiger partial charge in [-0.25, -0.2) is 14.8 Å². The molecule has 2 aliphatic heterocycles. The third kappa shape index (κ3) is 4.82. The topological polar surface area (TPSA) is 90.9 Å². The fourth-order valence-corrected chi connectivity index (χ4v) is 5.90. The molecule has 1 aliphatic carbocycles. The number of hydrogen-bond acceptors (Lipinski definition) is 7. The normalized spacial score (nSPS) is 24.0. The maximum absolute atomic E-state index is 13.0. The summed E-state index contributed by atoms with van der Waals surface area (Å²) in [6, 6.07) is 10.5. The Labute approximate surface area is 206 Å². The van der Waals surface area contributed by atoms with Crippen molar-refractivity contribution in [1.82, 2.24) is 25.1 Å². The van der Waals surface area contributed by atoms with Crippen molar-refractivity contribution in [2.45, 2.75) is 51.4 Å². The molecule has 1 aromatic carbocycles. The Morgan fingerprint density at radius 1 is 1.06 bits per heavy atom. The van der Waals surface area contributed by atoms with Gasteiger partial charge >= 0.3 is 6.09 Å². The number of nitrogens with one attached hydrogen (secondary N) is 1. The molecule has 0 unspecified atom stereocenters. The van der Waals surface area contributed by atoms with Gasteiger partial charge in [-0.05, 0) is 32.3 Å². The fourth-order valence-electron chi connectivity index (χ4n) is 5.90. The molecule has 9 heteroatoms. The Hall–Kier alpha value is -3.20. The summed E-state index contributed by atoms with van der Waals surface area (Å²) in [7, 11) is 1.58. The lowest BCUT2D eigenvalue weighted by molar-refractivity contribution is -0.137. The highest BCUT2D eigenvalue weighted by atomic mass is 16.6. The van der Waals surface area contributed by atoms with Crippen LogP contribution in [0.2, 0.25) is 0 Å². The maximum atomic E-state index is 13.0. The summed E-state index contributed by atoms with van der Waals surface area (Å²) in [5, 5.41) is 2.57. The lowest BCUT2D eigenvalue weighted by atomic mass is 9.61. The molecule has 3 aliphatic rings. The lowest BCUT2D eigenvalue weighted by Gasteiger charge is -2.58. The molecular formula is C26H34N6O3. The smallest absolute Gasteiger partial charge is 0.410 e. The molecule has 2 amide bonds. The van der Waals surface area contributed by atoms with Gasteiger partial charge in [0.05, 0.1) is 17.6 Å². The van der Waals surface area contributed by atoms with Gasteiger partial charge in [-0.2, -0.15) is 0 Å². The SMILES string of the molecule is CNC(=O)c1cnc(N2C[C@@H](C)N(C(=O)OC3CC4(C3)CN(Cc3ccccc3)C4)[C@@H](C)C2)nc1. The zero-order valence-corrected chi connectivity index (χ0v) is 20.7. The number of rotatable bonds is 5. The van der Waals surface area contributed by atoms with Crippen molar-refractivity contribution in [2.24, 2.45) is 5.41 Å². The highest BCUT2D eigenvalue weighted by Crippen LogP contribution is 2.50. The van der Waals surface area contributed by atoms with Crippen LogP contribution in [0.3, 0.4) is 0 Å². The van der Waals surface area contributed by atoms with Crippen molar-refractivity contribution in [3.05, 3.63) is 53.9 Å². The zero-order valence-electron chi connectivity index (χ0n) is 20.7. The van der Waals surface area contributed by atoms with E-state index in [1.165, 1.54) is 18.0 Å². The highest BCUT2D eigenvalue weighted by Gasteiger charge is 2.54. The van der Waals surface area contributed by atoms with Crippen LogP contribution >= 0.6 is 0 Å². The molecule has 3 fully saturated rings. The second-order valence-electron chi connectivity index (χ2n) is 10.4. The van der Waals surface area contributed by atoms with Gasteiger partial charge in [-0.1, -0.05) is 30.3 Å². The molecule has 0 radical (unpaired) electrons. The van der Waals surface area contributed by atoms with E-state index < -0.39 is 0 Å². The molecule has 0 bridgehead atoms. The van der Waals surface area contributed by atoms with Crippen LogP contribution in [-0.2, 0) is 11.3 Å². The average Bonchev–Trinajstić information content (AvgIpc) is 2.81. The first-order chi connectivity index (χ1) is 16.9. The lowest BCUT2D eigenvalue weighted by Crippen LogP contribution is -2.65. The number of ether oxygens (including phenoxy) is 1. The third-order valence-electron chi connectivity index (χ3n) is 7.50. The van der Waals surface area contributed by atoms with Crippen LogP contribution in [0, 0.1) is 5.41 Å². The molecular weight excluding hydrogens is 444 g/mol. The van der Waals surface area contributed by atoms with Crippen molar-refractivity contribution < 1.29 is 14.3 Å². The van der Waals surface area contributed by atoms with Gasteiger partial charge < -0.3 is 15.0 Å². The number of aromatic nitrogens is 2. The summed E-state index contributed by atoms with van der Waals surface area (Å²) in [5.74, 6) is 0.352. The van der Waals surface area contributed by atoms with Gasteiger partial charge in [0.1, 0.15) is 6.10 Å². The molecule has 2 aromatic rings. The summed E-state index contributed by atoms with van der Waals surface area (Å²) in [6.07, 6.45) is 4.77. The maximum Gasteiger partial charge on any atom is 0.410 e. The van der Waals surface area contributed by atoms with Crippen LogP contribution in [0.15, 0.2) is 42.7 Å². The van der Waals surface area contributed by atoms with Crippen LogP contribution in [0.5, 0.6) is 0 Å². The summed E-state index contributed by atoms with van der Waals surface area (Å²) in [4.78, 5) is 39.9. The Bertz CT molecular complexity index is 1040. The van der Waals surface area contributed by atoms with E-state index in [1.54, 1.807) is 7.05 Å². The van der Waals surface area contributed by atoms with Crippen molar-refractivity contribution in [3.8, 4) is 0 Å². The molecule has 3 heterocycles. The number of anilines is 1. The summed E-state index contributed by atoms with van der Waals surface area (Å²) in [6.45, 7) is 8.44. The quantitative estimate of drug-likeness (QED) is 0.706. The summed E-state index contributed by atoms with van der Waals surface area (Å²) < 4.78 is 5.92. The predicted octanol–water partition coefficient (Wildman–Crippen LogP) is 2.54. The number of piperazine rings is 1. The molecule has 2 atom stereocenters. The molecule has 1 aromatic heterocycles. The molecule has 35 heavy (non-hydrogen) atoms. The predicted molar refractivity (Wildman–Crippen MR) is 132 cm³/mol. The van der Waals surface area contributed by atoms with Crippen molar-refractivity contribution in [1.29, 1.82) is 0 Å². The summed E-state index contributed by atoms with van der Waals surface area (Å²) in [5.41, 5.74) is 2.10. The number of carbonyl (C=O) groups excluding carboxylic acids is 2. The highest BCUT2D eigenvalue weighted by molar-refractivity contribution is 5.93. The van der Waals surface area contributed by atoms with Crippen LogP contribution in [0.25, 0.3) is 0 Å². The fraction of sp³-hybridized carbons (Fsp3) is 0.538. The largest absolute Gasteiger partial charge is 0.446 e. The molecule has 2 saturated heterocycles. The van der Waals surface area contributed by atoms with Gasteiger partial charge in [0.2, 0.25) is 5.95 Å². The van der Waals surface area contributed by atoms with E-state index in [0.717, 1.165) is 32.5 Å². The average molecular weight is 479 g/mol. The second-order valence-corrected chi connectivity index (χ2v) is 10.4. The van der Waals surface area contributed by atoms with E-state index in [0.29, 0.717) is 30.0 Å². The first-order valence-corrected chi connectivity index (χ1v) is 12.4. The van der Waals surface area contributed by atoms with Crippen LogP contribution in [0.1, 0.15) is 42.6 Å². The van der Waals surface area contributed by atoms with Gasteiger partial charge in [-0.3, -0.25) is 14.6 Å². The molecule has 5 rings (SSSR count). The number of amides is 2. The van der Waals surface area contributed by atoms with E-state index in [4.69, 9.17) is 4.74 Å². The number of nitrogens with zero attached hydrogens (tertiary/aromatic N) is 5. The van der Waals surface area contributed by atoms with Gasteiger partial charge in [0.25, 0.3) is 5.91 Å². The monoisotopic (exact) mass is 478 g/mol. The molecule has 1 spiro atoms. The van der Waals surface area contributed by atoms with Gasteiger partial charge in [0.15, 0.2) is 0 Å². The van der Waals surface area contributed by atoms with Crippen LogP contribution in [0.4, 0.5) is 10.7 Å². The van der Waals surface area contributed by atoms with E-state index in [2.05, 4.69) is 49.4 Å². The van der Waals surface area contributed by atoms with Crippen molar-refractivity contribution in [3.63, 3.8) is 0 Å². The molecule has 1 N–H and O–H groups in total. The Balaban J connectivity index is 1.09. The summed E-state index contributed by atoms with van der Waals surface area (Å²) >= 11 is 0. The first kappa shape index (κ1) is 23.5. The third-order valence-corrected chi connectivity index (χ3v) is 7.50. The Morgan fingerprint density at radius 3 is 2.29 bits per heavy atom. The van der Waals surface area contributed by atoms with Gasteiger partial charge in [0, 0.05) is 57.6 Å². The second kappa shape index (κ2) is 9.45. The Morgan fingerprint density at radius 2 is 1.69 bits per heavy atom. The number of hydrogen-bond donors (Lipinski definition) is 1. The number of carbonyl (C=O) groups is 2. The van der Waals surface area contributed by atoms with Crippen molar-refractivity contribution in [2.75, 3.05) is 38.1 Å². The molecule has 9 nitrogen and oxygen atoms in total. The number of benzene rings is 1. The van der Waals surface area contributed by atoms with E-state index in [9.17, 15) is 9.59 Å². The zero-order chi connectivity index (χ0) is 24.6.